The van der Waals surface area contributed by atoms with Crippen LogP contribution in [0.4, 0.5) is 15.3 Å². The molecule has 7 N–H and O–H groups in total. The molecular weight excluding hydrogens is 518 g/mol. The third-order valence-corrected chi connectivity index (χ3v) is 6.18. The van der Waals surface area contributed by atoms with Gasteiger partial charge in [0.2, 0.25) is 11.8 Å². The van der Waals surface area contributed by atoms with Crippen molar-refractivity contribution in [2.24, 2.45) is 11.5 Å². The highest BCUT2D eigenvalue weighted by atomic mass is 16.6. The van der Waals surface area contributed by atoms with Crippen LogP contribution < -0.4 is 27.6 Å². The van der Waals surface area contributed by atoms with Gasteiger partial charge < -0.3 is 20.9 Å². The molecule has 5 amide bonds. The van der Waals surface area contributed by atoms with E-state index in [4.69, 9.17) is 20.9 Å². The van der Waals surface area contributed by atoms with Gasteiger partial charge in [0.1, 0.15) is 13.0 Å². The molecule has 0 radical (unpaired) electrons. The van der Waals surface area contributed by atoms with Crippen molar-refractivity contribution in [2.75, 3.05) is 11.9 Å². The molecule has 0 aliphatic heterocycles. The van der Waals surface area contributed by atoms with E-state index in [1.807, 2.05) is 47.2 Å². The van der Waals surface area contributed by atoms with E-state index in [-0.39, 0.29) is 18.9 Å². The number of hydrogen-bond donors (Lipinski definition) is 5. The average Bonchev–Trinajstić information content (AvgIpc) is 3.24. The molecule has 0 heterocycles. The normalized spacial score (nSPS) is 12.3. The number of carbonyl (C=O) groups excluding carboxylic acids is 5. The number of primary amides is 2. The van der Waals surface area contributed by atoms with Crippen LogP contribution in [0.15, 0.2) is 72.8 Å². The first-order valence-electron chi connectivity index (χ1n) is 12.2. The topological polar surface area (TPSA) is 192 Å². The summed E-state index contributed by atoms with van der Waals surface area (Å²) in [4.78, 5) is 58.5. The highest BCUT2D eigenvalue weighted by molar-refractivity contribution is 5.97. The van der Waals surface area contributed by atoms with E-state index in [9.17, 15) is 24.0 Å². The van der Waals surface area contributed by atoms with Crippen LogP contribution in [0.1, 0.15) is 29.0 Å². The molecule has 12 heteroatoms. The van der Waals surface area contributed by atoms with Crippen molar-refractivity contribution in [3.8, 4) is 11.1 Å². The summed E-state index contributed by atoms with van der Waals surface area (Å²) in [6.45, 7) is 0.162. The van der Waals surface area contributed by atoms with Crippen molar-refractivity contribution in [1.29, 1.82) is 0 Å². The van der Waals surface area contributed by atoms with Gasteiger partial charge in [-0.05, 0) is 39.9 Å². The Morgan fingerprint density at radius 3 is 1.98 bits per heavy atom. The number of carbonyl (C=O) groups is 5. The van der Waals surface area contributed by atoms with Crippen LogP contribution in [-0.4, -0.2) is 42.6 Å². The van der Waals surface area contributed by atoms with Gasteiger partial charge in [-0.2, -0.15) is 0 Å². The molecule has 1 aliphatic rings. The Morgan fingerprint density at radius 1 is 0.800 bits per heavy atom. The van der Waals surface area contributed by atoms with Gasteiger partial charge in [-0.1, -0.05) is 60.7 Å². The number of nitrogens with one attached hydrogen (secondary N) is 3. The van der Waals surface area contributed by atoms with Gasteiger partial charge >= 0.3 is 12.2 Å². The monoisotopic (exact) mass is 545 g/mol. The van der Waals surface area contributed by atoms with Crippen LogP contribution in [0.2, 0.25) is 0 Å². The summed E-state index contributed by atoms with van der Waals surface area (Å²) in [5, 5.41) is 2.67. The molecule has 3 aromatic carbocycles. The molecule has 0 spiro atoms. The minimum Gasteiger partial charge on any atom is -0.448 e. The van der Waals surface area contributed by atoms with E-state index in [1.54, 1.807) is 24.3 Å². The average molecular weight is 546 g/mol. The van der Waals surface area contributed by atoms with E-state index < -0.39 is 42.4 Å². The largest absolute Gasteiger partial charge is 0.448 e. The zero-order chi connectivity index (χ0) is 28.6. The van der Waals surface area contributed by atoms with Gasteiger partial charge in [-0.15, -0.1) is 0 Å². The molecular formula is C28H27N5O7. The number of fused-ring (bicyclic) bond motifs is 3. The van der Waals surface area contributed by atoms with Crippen LogP contribution in [0.5, 0.6) is 0 Å². The second-order valence-electron chi connectivity index (χ2n) is 8.96. The second-order valence-corrected chi connectivity index (χ2v) is 8.96. The summed E-state index contributed by atoms with van der Waals surface area (Å²) in [7, 11) is 0. The van der Waals surface area contributed by atoms with Gasteiger partial charge in [0.15, 0.2) is 6.10 Å². The van der Waals surface area contributed by atoms with Gasteiger partial charge in [0, 0.05) is 18.0 Å². The van der Waals surface area contributed by atoms with E-state index in [1.165, 1.54) is 0 Å². The molecule has 206 valence electrons. The van der Waals surface area contributed by atoms with Crippen molar-refractivity contribution in [1.82, 2.24) is 10.9 Å². The van der Waals surface area contributed by atoms with Gasteiger partial charge in [-0.25, -0.2) is 9.59 Å². The van der Waals surface area contributed by atoms with Crippen LogP contribution in [-0.2, 0) is 30.3 Å². The Hall–Kier alpha value is -5.39. The smallest absolute Gasteiger partial charge is 0.411 e. The van der Waals surface area contributed by atoms with Gasteiger partial charge in [0.25, 0.3) is 5.91 Å². The zero-order valence-electron chi connectivity index (χ0n) is 21.2. The summed E-state index contributed by atoms with van der Waals surface area (Å²) in [5.74, 6) is -2.68. The number of rotatable bonds is 9. The Bertz CT molecular complexity index is 1400. The van der Waals surface area contributed by atoms with E-state index >= 15 is 0 Å². The highest BCUT2D eigenvalue weighted by Crippen LogP contribution is 2.44. The molecule has 0 bridgehead atoms. The lowest BCUT2D eigenvalue weighted by molar-refractivity contribution is -0.135. The van der Waals surface area contributed by atoms with Gasteiger partial charge in [0.05, 0.1) is 0 Å². The Balaban J connectivity index is 1.32. The minimum atomic E-state index is -1.38. The summed E-state index contributed by atoms with van der Waals surface area (Å²) in [6.07, 6.45) is -3.94. The molecule has 1 atom stereocenters. The number of nitrogens with two attached hydrogens (primary N) is 2. The minimum absolute atomic E-state index is 0.0746. The third-order valence-electron chi connectivity index (χ3n) is 6.18. The van der Waals surface area contributed by atoms with Crippen molar-refractivity contribution in [3.05, 3.63) is 89.5 Å². The SMILES string of the molecule is NC(=O)CC(=O)NNC(=O)[C@H](Cc1ccc(NC(=O)OCC2c3ccccc3-c3ccccc32)cc1)OC(N)=O. The molecule has 0 unspecified atom stereocenters. The molecule has 12 nitrogen and oxygen atoms in total. The third kappa shape index (κ3) is 6.92. The summed E-state index contributed by atoms with van der Waals surface area (Å²) in [6, 6.07) is 22.4. The first-order chi connectivity index (χ1) is 19.2. The van der Waals surface area contributed by atoms with E-state index in [0.717, 1.165) is 22.3 Å². The Labute approximate surface area is 229 Å². The number of amides is 5. The Kier molecular flexibility index (Phi) is 8.59. The standard InChI is InChI=1S/C28H27N5O7/c29-24(34)14-25(35)32-33-26(36)23(40-27(30)37)13-16-9-11-17(12-10-16)31-28(38)39-15-22-20-7-3-1-5-18(20)19-6-2-4-8-21(19)22/h1-12,22-23H,13-15H2,(H2,29,34)(H2,30,37)(H,31,38)(H,32,35)(H,33,36)/t23-/m0/s1. The number of benzene rings is 3. The lowest BCUT2D eigenvalue weighted by Gasteiger charge is -2.17. The Morgan fingerprint density at radius 2 is 1.40 bits per heavy atom. The van der Waals surface area contributed by atoms with Crippen molar-refractivity contribution < 1.29 is 33.4 Å². The maximum Gasteiger partial charge on any atom is 0.411 e. The predicted molar refractivity (Wildman–Crippen MR) is 143 cm³/mol. The molecule has 40 heavy (non-hydrogen) atoms. The first kappa shape index (κ1) is 27.6. The number of anilines is 1. The van der Waals surface area contributed by atoms with E-state index in [2.05, 4.69) is 17.4 Å². The highest BCUT2D eigenvalue weighted by Gasteiger charge is 2.29. The van der Waals surface area contributed by atoms with Crippen molar-refractivity contribution in [2.45, 2.75) is 24.9 Å². The van der Waals surface area contributed by atoms with Crippen LogP contribution in [0.25, 0.3) is 11.1 Å². The molecule has 4 rings (SSSR count). The number of ether oxygens (including phenoxy) is 2. The van der Waals surface area contributed by atoms with E-state index in [0.29, 0.717) is 11.3 Å². The predicted octanol–water partition coefficient (Wildman–Crippen LogP) is 2.08. The quantitative estimate of drug-likeness (QED) is 0.201. The molecule has 0 saturated heterocycles. The second kappa shape index (κ2) is 12.4. The molecule has 3 aromatic rings. The number of hydrazine groups is 1. The molecule has 0 fully saturated rings. The lowest BCUT2D eigenvalue weighted by Crippen LogP contribution is -2.49. The maximum absolute atomic E-state index is 12.5. The lowest BCUT2D eigenvalue weighted by atomic mass is 9.98. The molecule has 1 aliphatic carbocycles. The van der Waals surface area contributed by atoms with Gasteiger partial charge in [-0.3, -0.25) is 30.6 Å². The summed E-state index contributed by atoms with van der Waals surface area (Å²) in [5.41, 5.74) is 19.5. The fourth-order valence-corrected chi connectivity index (χ4v) is 4.43. The summed E-state index contributed by atoms with van der Waals surface area (Å²) < 4.78 is 10.4. The first-order valence-corrected chi connectivity index (χ1v) is 12.2. The summed E-state index contributed by atoms with van der Waals surface area (Å²) >= 11 is 0. The zero-order valence-corrected chi connectivity index (χ0v) is 21.2. The molecule has 0 saturated carbocycles. The van der Waals surface area contributed by atoms with Crippen LogP contribution >= 0.6 is 0 Å². The fourth-order valence-electron chi connectivity index (χ4n) is 4.43. The number of hydrogen-bond acceptors (Lipinski definition) is 7. The maximum atomic E-state index is 12.5. The van der Waals surface area contributed by atoms with Crippen LogP contribution in [0, 0.1) is 0 Å². The van der Waals surface area contributed by atoms with Crippen molar-refractivity contribution >= 4 is 35.6 Å². The van der Waals surface area contributed by atoms with Crippen LogP contribution in [0.3, 0.4) is 0 Å². The fraction of sp³-hybridized carbons (Fsp3) is 0.179. The van der Waals surface area contributed by atoms with Crippen molar-refractivity contribution in [3.63, 3.8) is 0 Å². The molecule has 0 aromatic heterocycles.